The van der Waals surface area contributed by atoms with E-state index in [0.717, 1.165) is 42.3 Å². The minimum Gasteiger partial charge on any atom is -0.497 e. The molecule has 0 aliphatic carbocycles. The van der Waals surface area contributed by atoms with Crippen molar-refractivity contribution in [1.29, 1.82) is 0 Å². The van der Waals surface area contributed by atoms with Gasteiger partial charge in [0.15, 0.2) is 0 Å². The first-order chi connectivity index (χ1) is 15.0. The molecule has 6 heteroatoms. The van der Waals surface area contributed by atoms with Gasteiger partial charge in [-0.3, -0.25) is 9.69 Å². The third kappa shape index (κ3) is 5.38. The second-order valence-corrected chi connectivity index (χ2v) is 8.62. The molecule has 3 atom stereocenters. The van der Waals surface area contributed by atoms with Crippen molar-refractivity contribution < 1.29 is 19.0 Å². The maximum Gasteiger partial charge on any atom is 0.227 e. The summed E-state index contributed by atoms with van der Waals surface area (Å²) in [5.74, 6) is 1.44. The number of nitrogens with zero attached hydrogens (tertiary/aromatic N) is 1. The molecule has 1 saturated heterocycles. The fraction of sp³-hybridized carbons (Fsp3) is 0.480. The molecule has 1 N–H and O–H groups in total. The lowest BCUT2D eigenvalue weighted by Gasteiger charge is -2.35. The molecule has 4 rings (SSSR count). The van der Waals surface area contributed by atoms with Gasteiger partial charge in [0.25, 0.3) is 0 Å². The van der Waals surface area contributed by atoms with Gasteiger partial charge in [-0.25, -0.2) is 0 Å². The molecule has 6 nitrogen and oxygen atoms in total. The van der Waals surface area contributed by atoms with Crippen LogP contribution in [-0.4, -0.2) is 49.8 Å². The Bertz CT molecular complexity index is 906. The van der Waals surface area contributed by atoms with Crippen LogP contribution in [0.4, 0.5) is 0 Å². The van der Waals surface area contributed by atoms with Gasteiger partial charge >= 0.3 is 0 Å². The van der Waals surface area contributed by atoms with Gasteiger partial charge in [0.05, 0.1) is 25.2 Å². The summed E-state index contributed by atoms with van der Waals surface area (Å²) in [6.45, 7) is 7.87. The zero-order valence-corrected chi connectivity index (χ0v) is 18.6. The predicted octanol–water partition coefficient (Wildman–Crippen LogP) is 3.17. The molecular formula is C25H32N2O4. The van der Waals surface area contributed by atoms with Crippen molar-refractivity contribution in [3.8, 4) is 11.5 Å². The Kier molecular flexibility index (Phi) is 6.78. The summed E-state index contributed by atoms with van der Waals surface area (Å²) in [6.07, 6.45) is 1.13. The smallest absolute Gasteiger partial charge is 0.227 e. The van der Waals surface area contributed by atoms with Crippen LogP contribution in [-0.2, 0) is 29.0 Å². The number of fused-ring (bicyclic) bond motifs is 1. The molecule has 1 amide bonds. The lowest BCUT2D eigenvalue weighted by atomic mass is 9.95. The van der Waals surface area contributed by atoms with Crippen molar-refractivity contribution in [2.24, 2.45) is 5.92 Å². The summed E-state index contributed by atoms with van der Waals surface area (Å²) in [5.41, 5.74) is 3.42. The first kappa shape index (κ1) is 21.7. The minimum absolute atomic E-state index is 0.0249. The first-order valence-electron chi connectivity index (χ1n) is 11.0. The number of methoxy groups -OCH3 is 1. The fourth-order valence-corrected chi connectivity index (χ4v) is 4.53. The normalized spacial score (nSPS) is 23.5. The van der Waals surface area contributed by atoms with Gasteiger partial charge in [-0.15, -0.1) is 0 Å². The van der Waals surface area contributed by atoms with Gasteiger partial charge in [0.2, 0.25) is 5.91 Å². The number of hydrogen-bond donors (Lipinski definition) is 1. The number of morpholine rings is 1. The van der Waals surface area contributed by atoms with E-state index in [1.54, 1.807) is 7.11 Å². The molecule has 2 heterocycles. The quantitative estimate of drug-likeness (QED) is 0.772. The second-order valence-electron chi connectivity index (χ2n) is 8.62. The second kappa shape index (κ2) is 9.71. The number of carbonyl (C=O) groups excluding carboxylic acids is 1. The molecule has 0 saturated carbocycles. The van der Waals surface area contributed by atoms with Crippen molar-refractivity contribution in [2.45, 2.75) is 45.6 Å². The molecule has 2 aliphatic heterocycles. The third-order valence-corrected chi connectivity index (χ3v) is 6.01. The molecule has 3 unspecified atom stereocenters. The van der Waals surface area contributed by atoms with E-state index in [2.05, 4.69) is 42.3 Å². The van der Waals surface area contributed by atoms with E-state index >= 15 is 0 Å². The van der Waals surface area contributed by atoms with Gasteiger partial charge in [0.1, 0.15) is 18.1 Å². The largest absolute Gasteiger partial charge is 0.497 e. The Morgan fingerprint density at radius 2 is 1.87 bits per heavy atom. The third-order valence-electron chi connectivity index (χ3n) is 6.01. The molecule has 2 aliphatic rings. The van der Waals surface area contributed by atoms with E-state index in [1.807, 2.05) is 24.3 Å². The summed E-state index contributed by atoms with van der Waals surface area (Å²) < 4.78 is 17.0. The van der Waals surface area contributed by atoms with Crippen molar-refractivity contribution >= 4 is 5.91 Å². The molecule has 2 aromatic carbocycles. The summed E-state index contributed by atoms with van der Waals surface area (Å²) in [5, 5.41) is 3.13. The highest BCUT2D eigenvalue weighted by atomic mass is 16.5. The van der Waals surface area contributed by atoms with Crippen LogP contribution in [0.15, 0.2) is 42.5 Å². The molecule has 166 valence electrons. The van der Waals surface area contributed by atoms with E-state index in [0.29, 0.717) is 19.6 Å². The maximum atomic E-state index is 12.9. The standard InChI is InChI=1S/C25H32N2O4/c1-17-13-27(14-18(2)31-17)15-20-7-5-4-6-19(20)12-26-25(28)22-10-21-11-23(29-3)8-9-24(21)30-16-22/h4-9,11,17-18,22H,10,12-16H2,1-3H3,(H,26,28). The van der Waals surface area contributed by atoms with Crippen LogP contribution in [0.5, 0.6) is 11.5 Å². The lowest BCUT2D eigenvalue weighted by Crippen LogP contribution is -2.45. The SMILES string of the molecule is COc1ccc2c(c1)CC(C(=O)NCc1ccccc1CN1CC(C)OC(C)C1)CO2. The highest BCUT2D eigenvalue weighted by Crippen LogP contribution is 2.30. The molecule has 2 aromatic rings. The number of hydrogen-bond acceptors (Lipinski definition) is 5. The van der Waals surface area contributed by atoms with E-state index < -0.39 is 0 Å². The number of nitrogens with one attached hydrogen (secondary N) is 1. The summed E-state index contributed by atoms with van der Waals surface area (Å²) >= 11 is 0. The lowest BCUT2D eigenvalue weighted by molar-refractivity contribution is -0.126. The van der Waals surface area contributed by atoms with Crippen LogP contribution in [0.1, 0.15) is 30.5 Å². The van der Waals surface area contributed by atoms with Gasteiger partial charge in [-0.2, -0.15) is 0 Å². The molecule has 31 heavy (non-hydrogen) atoms. The van der Waals surface area contributed by atoms with Crippen LogP contribution >= 0.6 is 0 Å². The van der Waals surface area contributed by atoms with Crippen molar-refractivity contribution in [2.75, 3.05) is 26.8 Å². The Morgan fingerprint density at radius 3 is 2.61 bits per heavy atom. The van der Waals surface area contributed by atoms with Gasteiger partial charge < -0.3 is 19.5 Å². The van der Waals surface area contributed by atoms with E-state index in [1.165, 1.54) is 5.56 Å². The summed E-state index contributed by atoms with van der Waals surface area (Å²) in [7, 11) is 1.64. The average Bonchev–Trinajstić information content (AvgIpc) is 2.76. The monoisotopic (exact) mass is 424 g/mol. The number of amides is 1. The summed E-state index contributed by atoms with van der Waals surface area (Å²) in [4.78, 5) is 15.3. The number of ether oxygens (including phenoxy) is 3. The Hall–Kier alpha value is -2.57. The Labute approximate surface area is 184 Å². The number of benzene rings is 2. The topological polar surface area (TPSA) is 60.0 Å². The molecular weight excluding hydrogens is 392 g/mol. The van der Waals surface area contributed by atoms with Gasteiger partial charge in [0, 0.05) is 26.2 Å². The van der Waals surface area contributed by atoms with Gasteiger partial charge in [-0.05, 0) is 55.2 Å². The van der Waals surface area contributed by atoms with E-state index in [9.17, 15) is 4.79 Å². The van der Waals surface area contributed by atoms with Crippen LogP contribution in [0.3, 0.4) is 0 Å². The van der Waals surface area contributed by atoms with E-state index in [4.69, 9.17) is 14.2 Å². The van der Waals surface area contributed by atoms with Crippen molar-refractivity contribution in [3.05, 3.63) is 59.2 Å². The molecule has 0 spiro atoms. The van der Waals surface area contributed by atoms with Gasteiger partial charge in [-0.1, -0.05) is 24.3 Å². The van der Waals surface area contributed by atoms with Crippen LogP contribution in [0, 0.1) is 5.92 Å². The Balaban J connectivity index is 1.36. The average molecular weight is 425 g/mol. The van der Waals surface area contributed by atoms with Crippen LogP contribution in [0.25, 0.3) is 0 Å². The maximum absolute atomic E-state index is 12.9. The zero-order valence-electron chi connectivity index (χ0n) is 18.6. The molecule has 0 bridgehead atoms. The molecule has 0 radical (unpaired) electrons. The first-order valence-corrected chi connectivity index (χ1v) is 11.0. The number of rotatable bonds is 6. The number of carbonyl (C=O) groups is 1. The molecule has 1 fully saturated rings. The minimum atomic E-state index is -0.201. The fourth-order valence-electron chi connectivity index (χ4n) is 4.53. The summed E-state index contributed by atoms with van der Waals surface area (Å²) in [6, 6.07) is 14.1. The Morgan fingerprint density at radius 1 is 1.13 bits per heavy atom. The highest BCUT2D eigenvalue weighted by molar-refractivity contribution is 5.79. The van der Waals surface area contributed by atoms with E-state index in [-0.39, 0.29) is 24.0 Å². The van der Waals surface area contributed by atoms with Crippen molar-refractivity contribution in [1.82, 2.24) is 10.2 Å². The van der Waals surface area contributed by atoms with Crippen LogP contribution in [0.2, 0.25) is 0 Å². The highest BCUT2D eigenvalue weighted by Gasteiger charge is 2.27. The van der Waals surface area contributed by atoms with Crippen molar-refractivity contribution in [3.63, 3.8) is 0 Å². The predicted molar refractivity (Wildman–Crippen MR) is 119 cm³/mol. The van der Waals surface area contributed by atoms with Crippen LogP contribution < -0.4 is 14.8 Å². The molecule has 0 aromatic heterocycles. The zero-order chi connectivity index (χ0) is 21.8.